The highest BCUT2D eigenvalue weighted by Gasteiger charge is 2.09. The Morgan fingerprint density at radius 3 is 2.23 bits per heavy atom. The van der Waals surface area contributed by atoms with Crippen LogP contribution in [0, 0.1) is 0 Å². The number of carbonyl (C=O) groups is 2. The lowest BCUT2D eigenvalue weighted by molar-refractivity contribution is -0.115. The normalized spacial score (nSPS) is 10.1. The molecule has 0 saturated carbocycles. The zero-order chi connectivity index (χ0) is 16.1. The third kappa shape index (κ3) is 4.63. The molecule has 0 aliphatic carbocycles. The Kier molecular flexibility index (Phi) is 5.66. The molecule has 0 aliphatic heterocycles. The maximum atomic E-state index is 11.8. The lowest BCUT2D eigenvalue weighted by Gasteiger charge is -2.08. The molecule has 0 aliphatic rings. The van der Waals surface area contributed by atoms with Crippen molar-refractivity contribution in [3.05, 3.63) is 63.1 Å². The standard InChI is InChI=1S/C15H11Cl3N2O2/c16-10-3-1-9(2-4-10)15(22)19-8-14(21)20-11-5-6-12(17)13(18)7-11/h1-7H,8H2,(H,19,22)(H,20,21). The molecule has 0 bridgehead atoms. The molecule has 0 radical (unpaired) electrons. The molecular weight excluding hydrogens is 347 g/mol. The number of nitrogens with one attached hydrogen (secondary N) is 2. The molecule has 114 valence electrons. The minimum atomic E-state index is -0.374. The second kappa shape index (κ2) is 7.49. The molecule has 0 heterocycles. The molecule has 4 nitrogen and oxygen atoms in total. The number of halogens is 3. The summed E-state index contributed by atoms with van der Waals surface area (Å²) in [5.74, 6) is -0.735. The Morgan fingerprint density at radius 1 is 0.909 bits per heavy atom. The van der Waals surface area contributed by atoms with Crippen molar-refractivity contribution < 1.29 is 9.59 Å². The van der Waals surface area contributed by atoms with Crippen LogP contribution in [0.3, 0.4) is 0 Å². The summed E-state index contributed by atoms with van der Waals surface area (Å²) in [6, 6.07) is 11.1. The van der Waals surface area contributed by atoms with E-state index in [0.717, 1.165) is 0 Å². The van der Waals surface area contributed by atoms with Crippen LogP contribution in [0.5, 0.6) is 0 Å². The largest absolute Gasteiger partial charge is 0.343 e. The molecule has 0 fully saturated rings. The maximum Gasteiger partial charge on any atom is 0.251 e. The van der Waals surface area contributed by atoms with Gasteiger partial charge >= 0.3 is 0 Å². The number of carbonyl (C=O) groups excluding carboxylic acids is 2. The van der Waals surface area contributed by atoms with E-state index in [1.807, 2.05) is 0 Å². The first kappa shape index (κ1) is 16.6. The van der Waals surface area contributed by atoms with Gasteiger partial charge in [0, 0.05) is 16.3 Å². The first-order chi connectivity index (χ1) is 10.5. The lowest BCUT2D eigenvalue weighted by atomic mass is 10.2. The van der Waals surface area contributed by atoms with Gasteiger partial charge in [-0.25, -0.2) is 0 Å². The Balaban J connectivity index is 1.88. The molecule has 0 unspecified atom stereocenters. The summed E-state index contributed by atoms with van der Waals surface area (Å²) >= 11 is 17.4. The van der Waals surface area contributed by atoms with Crippen LogP contribution >= 0.6 is 34.8 Å². The van der Waals surface area contributed by atoms with Gasteiger partial charge in [-0.3, -0.25) is 9.59 Å². The monoisotopic (exact) mass is 356 g/mol. The third-order valence-electron chi connectivity index (χ3n) is 2.72. The zero-order valence-electron chi connectivity index (χ0n) is 11.2. The summed E-state index contributed by atoms with van der Waals surface area (Å²) in [5.41, 5.74) is 0.923. The average molecular weight is 358 g/mol. The van der Waals surface area contributed by atoms with E-state index < -0.39 is 0 Å². The summed E-state index contributed by atoms with van der Waals surface area (Å²) in [5, 5.41) is 6.39. The molecule has 22 heavy (non-hydrogen) atoms. The van der Waals surface area contributed by atoms with Gasteiger partial charge in [-0.05, 0) is 42.5 Å². The number of hydrogen-bond donors (Lipinski definition) is 2. The summed E-state index contributed by atoms with van der Waals surface area (Å²) in [4.78, 5) is 23.6. The fourth-order valence-corrected chi connectivity index (χ4v) is 2.07. The van der Waals surface area contributed by atoms with Gasteiger partial charge in [-0.2, -0.15) is 0 Å². The molecule has 2 N–H and O–H groups in total. The number of amides is 2. The first-order valence-electron chi connectivity index (χ1n) is 6.24. The van der Waals surface area contributed by atoms with E-state index in [-0.39, 0.29) is 18.4 Å². The minimum Gasteiger partial charge on any atom is -0.343 e. The lowest BCUT2D eigenvalue weighted by Crippen LogP contribution is -2.32. The number of hydrogen-bond acceptors (Lipinski definition) is 2. The first-order valence-corrected chi connectivity index (χ1v) is 7.38. The highest BCUT2D eigenvalue weighted by Crippen LogP contribution is 2.24. The Labute approximate surface area is 142 Å². The van der Waals surface area contributed by atoms with Crippen LogP contribution < -0.4 is 10.6 Å². The Morgan fingerprint density at radius 2 is 1.59 bits per heavy atom. The van der Waals surface area contributed by atoms with Crippen molar-refractivity contribution >= 4 is 52.3 Å². The van der Waals surface area contributed by atoms with Gasteiger partial charge in [0.25, 0.3) is 5.91 Å². The van der Waals surface area contributed by atoms with Crippen molar-refractivity contribution in [2.45, 2.75) is 0 Å². The summed E-state index contributed by atoms with van der Waals surface area (Å²) in [7, 11) is 0. The number of rotatable bonds is 4. The highest BCUT2D eigenvalue weighted by atomic mass is 35.5. The topological polar surface area (TPSA) is 58.2 Å². The van der Waals surface area contributed by atoms with Crippen molar-refractivity contribution in [2.24, 2.45) is 0 Å². The smallest absolute Gasteiger partial charge is 0.251 e. The van der Waals surface area contributed by atoms with Gasteiger partial charge < -0.3 is 10.6 Å². The van der Waals surface area contributed by atoms with Crippen LogP contribution in [0.4, 0.5) is 5.69 Å². The predicted octanol–water partition coefficient (Wildman–Crippen LogP) is 4.02. The van der Waals surface area contributed by atoms with Crippen molar-refractivity contribution in [1.82, 2.24) is 5.32 Å². The summed E-state index contributed by atoms with van der Waals surface area (Å²) in [6.07, 6.45) is 0. The molecule has 0 atom stereocenters. The van der Waals surface area contributed by atoms with Gasteiger partial charge in [0.2, 0.25) is 5.91 Å². The van der Waals surface area contributed by atoms with Crippen LogP contribution in [0.15, 0.2) is 42.5 Å². The maximum absolute atomic E-state index is 11.8. The number of anilines is 1. The third-order valence-corrected chi connectivity index (χ3v) is 3.71. The van der Waals surface area contributed by atoms with Crippen LogP contribution in [-0.2, 0) is 4.79 Å². The van der Waals surface area contributed by atoms with Gasteiger partial charge in [0.1, 0.15) is 0 Å². The molecular formula is C15H11Cl3N2O2. The van der Waals surface area contributed by atoms with Crippen LogP contribution in [-0.4, -0.2) is 18.4 Å². The zero-order valence-corrected chi connectivity index (χ0v) is 13.5. The van der Waals surface area contributed by atoms with E-state index >= 15 is 0 Å². The van der Waals surface area contributed by atoms with Crippen molar-refractivity contribution in [3.63, 3.8) is 0 Å². The van der Waals surface area contributed by atoms with Gasteiger partial charge in [-0.1, -0.05) is 34.8 Å². The molecule has 7 heteroatoms. The fraction of sp³-hybridized carbons (Fsp3) is 0.0667. The summed E-state index contributed by atoms with van der Waals surface area (Å²) < 4.78 is 0. The van der Waals surface area contributed by atoms with E-state index in [2.05, 4.69) is 10.6 Å². The SMILES string of the molecule is O=C(CNC(=O)c1ccc(Cl)cc1)Nc1ccc(Cl)c(Cl)c1. The average Bonchev–Trinajstić information content (AvgIpc) is 2.49. The van der Waals surface area contributed by atoms with Crippen LogP contribution in [0.25, 0.3) is 0 Å². The minimum absolute atomic E-state index is 0.165. The van der Waals surface area contributed by atoms with E-state index in [1.165, 1.54) is 6.07 Å². The molecule has 2 rings (SSSR count). The molecule has 0 aromatic heterocycles. The number of benzene rings is 2. The Bertz CT molecular complexity index is 702. The van der Waals surface area contributed by atoms with E-state index in [1.54, 1.807) is 36.4 Å². The molecule has 2 aromatic rings. The van der Waals surface area contributed by atoms with E-state index in [4.69, 9.17) is 34.8 Å². The van der Waals surface area contributed by atoms with Crippen molar-refractivity contribution in [3.8, 4) is 0 Å². The summed E-state index contributed by atoms with van der Waals surface area (Å²) in [6.45, 7) is -0.165. The Hall–Kier alpha value is -1.75. The molecule has 0 spiro atoms. The van der Waals surface area contributed by atoms with Crippen LogP contribution in [0.2, 0.25) is 15.1 Å². The van der Waals surface area contributed by atoms with Crippen molar-refractivity contribution in [1.29, 1.82) is 0 Å². The van der Waals surface area contributed by atoms with Gasteiger partial charge in [-0.15, -0.1) is 0 Å². The quantitative estimate of drug-likeness (QED) is 0.868. The van der Waals surface area contributed by atoms with Gasteiger partial charge in [0.05, 0.1) is 16.6 Å². The second-order valence-electron chi connectivity index (χ2n) is 4.37. The molecule has 2 aromatic carbocycles. The second-order valence-corrected chi connectivity index (χ2v) is 5.62. The van der Waals surface area contributed by atoms with E-state index in [0.29, 0.717) is 26.3 Å². The van der Waals surface area contributed by atoms with Crippen molar-refractivity contribution in [2.75, 3.05) is 11.9 Å². The van der Waals surface area contributed by atoms with Gasteiger partial charge in [0.15, 0.2) is 0 Å². The molecule has 0 saturated heterocycles. The fourth-order valence-electron chi connectivity index (χ4n) is 1.64. The predicted molar refractivity (Wildman–Crippen MR) is 88.9 cm³/mol. The highest BCUT2D eigenvalue weighted by molar-refractivity contribution is 6.42. The van der Waals surface area contributed by atoms with E-state index in [9.17, 15) is 9.59 Å². The van der Waals surface area contributed by atoms with Crippen LogP contribution in [0.1, 0.15) is 10.4 Å². The molecule has 2 amide bonds.